The van der Waals surface area contributed by atoms with Crippen LogP contribution in [-0.4, -0.2) is 27.3 Å². The number of ether oxygens (including phenoxy) is 1. The normalized spacial score (nSPS) is 10.3. The monoisotopic (exact) mass is 266 g/mol. The van der Waals surface area contributed by atoms with Gasteiger partial charge in [-0.15, -0.1) is 0 Å². The zero-order valence-corrected chi connectivity index (χ0v) is 10.4. The van der Waals surface area contributed by atoms with E-state index in [9.17, 15) is 4.79 Å². The number of esters is 1. The molecule has 6 nitrogen and oxygen atoms in total. The Kier molecular flexibility index (Phi) is 3.47. The molecule has 0 fully saturated rings. The lowest BCUT2D eigenvalue weighted by Crippen LogP contribution is -2.05. The average molecular weight is 267 g/mol. The lowest BCUT2D eigenvalue weighted by atomic mass is 10.3. The number of rotatable bonds is 3. The molecule has 0 aliphatic carbocycles. The number of nitrogen functional groups attached to an aromatic ring is 1. The van der Waals surface area contributed by atoms with Gasteiger partial charge in [0, 0.05) is 6.20 Å². The highest BCUT2D eigenvalue weighted by atomic mass is 35.5. The van der Waals surface area contributed by atoms with Gasteiger partial charge in [0.2, 0.25) is 0 Å². The van der Waals surface area contributed by atoms with Crippen LogP contribution in [0.15, 0.2) is 24.5 Å². The summed E-state index contributed by atoms with van der Waals surface area (Å²) < 4.78 is 6.24. The van der Waals surface area contributed by atoms with Gasteiger partial charge in [-0.2, -0.15) is 5.10 Å². The van der Waals surface area contributed by atoms with Crippen LogP contribution in [0.4, 0.5) is 5.69 Å². The maximum atomic E-state index is 11.5. The van der Waals surface area contributed by atoms with Crippen LogP contribution in [0.1, 0.15) is 17.3 Å². The van der Waals surface area contributed by atoms with E-state index < -0.39 is 5.97 Å². The molecule has 94 valence electrons. The highest BCUT2D eigenvalue weighted by Crippen LogP contribution is 2.17. The number of nitrogens with two attached hydrogens (primary N) is 1. The van der Waals surface area contributed by atoms with Crippen LogP contribution in [0.5, 0.6) is 0 Å². The highest BCUT2D eigenvalue weighted by Gasteiger charge is 2.12. The number of halogens is 1. The molecule has 2 aromatic heterocycles. The molecule has 0 atom stereocenters. The largest absolute Gasteiger partial charge is 0.462 e. The van der Waals surface area contributed by atoms with Crippen molar-refractivity contribution >= 4 is 23.3 Å². The molecule has 2 N–H and O–H groups in total. The molecule has 0 radical (unpaired) electrons. The Balaban J connectivity index is 2.35. The lowest BCUT2D eigenvalue weighted by Gasteiger charge is -2.04. The Bertz CT molecular complexity index is 582. The van der Waals surface area contributed by atoms with Crippen molar-refractivity contribution < 1.29 is 9.53 Å². The summed E-state index contributed by atoms with van der Waals surface area (Å²) in [4.78, 5) is 15.5. The molecule has 0 aliphatic rings. The van der Waals surface area contributed by atoms with Gasteiger partial charge in [-0.05, 0) is 19.1 Å². The molecule has 7 heteroatoms. The third-order valence-corrected chi connectivity index (χ3v) is 2.39. The van der Waals surface area contributed by atoms with Crippen LogP contribution < -0.4 is 5.73 Å². The molecule has 0 saturated carbocycles. The zero-order chi connectivity index (χ0) is 13.1. The molecular formula is C11H11ClN4O2. The van der Waals surface area contributed by atoms with Gasteiger partial charge in [-0.3, -0.25) is 0 Å². The molecule has 0 bridgehead atoms. The van der Waals surface area contributed by atoms with Crippen molar-refractivity contribution in [3.05, 3.63) is 35.2 Å². The maximum Gasteiger partial charge on any atom is 0.341 e. The second-order valence-electron chi connectivity index (χ2n) is 3.44. The number of hydrogen-bond acceptors (Lipinski definition) is 5. The van der Waals surface area contributed by atoms with Crippen LogP contribution in [0.25, 0.3) is 5.82 Å². The Hall–Kier alpha value is -2.08. The first-order valence-electron chi connectivity index (χ1n) is 5.26. The standard InChI is InChI=1S/C11H11ClN4O2/c1-2-18-11(17)7-5-14-16(6-7)10-8(13)3-4-9(12)15-10/h3-6H,2,13H2,1H3. The van der Waals surface area contributed by atoms with Crippen molar-refractivity contribution in [1.29, 1.82) is 0 Å². The van der Waals surface area contributed by atoms with Crippen LogP contribution in [-0.2, 0) is 4.74 Å². The molecule has 2 rings (SSSR count). The fourth-order valence-electron chi connectivity index (χ4n) is 1.38. The smallest absolute Gasteiger partial charge is 0.341 e. The van der Waals surface area contributed by atoms with Gasteiger partial charge >= 0.3 is 5.97 Å². The van der Waals surface area contributed by atoms with E-state index in [1.54, 1.807) is 19.1 Å². The molecule has 0 aromatic carbocycles. The predicted molar refractivity (Wildman–Crippen MR) is 66.7 cm³/mol. The van der Waals surface area contributed by atoms with E-state index in [0.29, 0.717) is 28.8 Å². The lowest BCUT2D eigenvalue weighted by molar-refractivity contribution is 0.0526. The number of carbonyl (C=O) groups is 1. The van der Waals surface area contributed by atoms with Crippen LogP contribution in [0.2, 0.25) is 5.15 Å². The first-order chi connectivity index (χ1) is 8.61. The second-order valence-corrected chi connectivity index (χ2v) is 3.83. The highest BCUT2D eigenvalue weighted by molar-refractivity contribution is 6.29. The summed E-state index contributed by atoms with van der Waals surface area (Å²) >= 11 is 5.79. The van der Waals surface area contributed by atoms with Gasteiger partial charge in [-0.25, -0.2) is 14.5 Å². The van der Waals surface area contributed by atoms with Crippen molar-refractivity contribution in [2.45, 2.75) is 6.92 Å². The molecule has 0 amide bonds. The minimum atomic E-state index is -0.440. The van der Waals surface area contributed by atoms with E-state index >= 15 is 0 Å². The SMILES string of the molecule is CCOC(=O)c1cnn(-c2nc(Cl)ccc2N)c1. The Morgan fingerprint density at radius 3 is 3.06 bits per heavy atom. The number of hydrogen-bond donors (Lipinski definition) is 1. The Morgan fingerprint density at radius 1 is 1.56 bits per heavy atom. The number of nitrogens with zero attached hydrogens (tertiary/aromatic N) is 3. The molecule has 0 spiro atoms. The van der Waals surface area contributed by atoms with Crippen LogP contribution >= 0.6 is 11.6 Å². The third kappa shape index (κ3) is 2.43. The Labute approximate surface area is 108 Å². The third-order valence-electron chi connectivity index (χ3n) is 2.18. The van der Waals surface area contributed by atoms with Crippen molar-refractivity contribution in [3.8, 4) is 5.82 Å². The molecule has 0 saturated heterocycles. The zero-order valence-electron chi connectivity index (χ0n) is 9.63. The summed E-state index contributed by atoms with van der Waals surface area (Å²) in [5, 5.41) is 4.30. The fraction of sp³-hybridized carbons (Fsp3) is 0.182. The first-order valence-corrected chi connectivity index (χ1v) is 5.63. The minimum Gasteiger partial charge on any atom is -0.462 e. The van der Waals surface area contributed by atoms with E-state index in [4.69, 9.17) is 22.1 Å². The summed E-state index contributed by atoms with van der Waals surface area (Å²) in [6.45, 7) is 2.04. The van der Waals surface area contributed by atoms with Crippen molar-refractivity contribution in [2.75, 3.05) is 12.3 Å². The van der Waals surface area contributed by atoms with Gasteiger partial charge in [0.1, 0.15) is 5.15 Å². The Morgan fingerprint density at radius 2 is 2.33 bits per heavy atom. The van der Waals surface area contributed by atoms with E-state index in [1.165, 1.54) is 17.1 Å². The topological polar surface area (TPSA) is 83.0 Å². The van der Waals surface area contributed by atoms with E-state index in [-0.39, 0.29) is 0 Å². The maximum absolute atomic E-state index is 11.5. The summed E-state index contributed by atoms with van der Waals surface area (Å²) in [6.07, 6.45) is 2.88. The van der Waals surface area contributed by atoms with Gasteiger partial charge in [-0.1, -0.05) is 11.6 Å². The molecule has 0 aliphatic heterocycles. The first kappa shape index (κ1) is 12.4. The van der Waals surface area contributed by atoms with E-state index in [0.717, 1.165) is 0 Å². The van der Waals surface area contributed by atoms with Gasteiger partial charge < -0.3 is 10.5 Å². The van der Waals surface area contributed by atoms with E-state index in [2.05, 4.69) is 10.1 Å². The molecule has 2 heterocycles. The summed E-state index contributed by atoms with van der Waals surface area (Å²) in [5.41, 5.74) is 6.51. The number of anilines is 1. The summed E-state index contributed by atoms with van der Waals surface area (Å²) in [6, 6.07) is 3.20. The number of aromatic nitrogens is 3. The van der Waals surface area contributed by atoms with Crippen LogP contribution in [0, 0.1) is 0 Å². The molecule has 2 aromatic rings. The van der Waals surface area contributed by atoms with Gasteiger partial charge in [0.25, 0.3) is 0 Å². The fourth-order valence-corrected chi connectivity index (χ4v) is 1.52. The molecule has 18 heavy (non-hydrogen) atoms. The number of carbonyl (C=O) groups excluding carboxylic acids is 1. The molecule has 0 unspecified atom stereocenters. The number of pyridine rings is 1. The molecular weight excluding hydrogens is 256 g/mol. The predicted octanol–water partition coefficient (Wildman–Crippen LogP) is 1.68. The van der Waals surface area contributed by atoms with Crippen molar-refractivity contribution in [3.63, 3.8) is 0 Å². The quantitative estimate of drug-likeness (QED) is 0.675. The van der Waals surface area contributed by atoms with Gasteiger partial charge in [0.15, 0.2) is 5.82 Å². The van der Waals surface area contributed by atoms with E-state index in [1.807, 2.05) is 0 Å². The van der Waals surface area contributed by atoms with Gasteiger partial charge in [0.05, 0.1) is 24.1 Å². The summed E-state index contributed by atoms with van der Waals surface area (Å²) in [7, 11) is 0. The van der Waals surface area contributed by atoms with Crippen molar-refractivity contribution in [1.82, 2.24) is 14.8 Å². The average Bonchev–Trinajstić information content (AvgIpc) is 2.82. The second kappa shape index (κ2) is 5.05. The van der Waals surface area contributed by atoms with Crippen LogP contribution in [0.3, 0.4) is 0 Å². The van der Waals surface area contributed by atoms with Crippen molar-refractivity contribution in [2.24, 2.45) is 0 Å². The minimum absolute atomic E-state index is 0.299. The summed E-state index contributed by atoms with van der Waals surface area (Å²) in [5.74, 6) is -0.0672.